The van der Waals surface area contributed by atoms with Gasteiger partial charge in [0.2, 0.25) is 0 Å². The predicted molar refractivity (Wildman–Crippen MR) is 56.6 cm³/mol. The molecule has 18 heavy (non-hydrogen) atoms. The van der Waals surface area contributed by atoms with Crippen LogP contribution in [0.3, 0.4) is 0 Å². The van der Waals surface area contributed by atoms with Crippen molar-refractivity contribution in [2.24, 2.45) is 0 Å². The SMILES string of the molecule is Nc1c(C(=O)O)nc2c(Cl)cc(C(F)(F)F)cn12. The molecule has 0 atom stereocenters. The first-order valence-electron chi connectivity index (χ1n) is 4.49. The van der Waals surface area contributed by atoms with Crippen LogP contribution in [0.4, 0.5) is 19.0 Å². The fraction of sp³-hybridized carbons (Fsp3) is 0.111. The molecule has 0 fully saturated rings. The van der Waals surface area contributed by atoms with Crippen molar-refractivity contribution < 1.29 is 23.1 Å². The van der Waals surface area contributed by atoms with Gasteiger partial charge in [-0.2, -0.15) is 13.2 Å². The molecule has 0 aliphatic heterocycles. The van der Waals surface area contributed by atoms with Crippen LogP contribution >= 0.6 is 11.6 Å². The van der Waals surface area contributed by atoms with E-state index in [1.54, 1.807) is 0 Å². The van der Waals surface area contributed by atoms with Gasteiger partial charge in [-0.25, -0.2) is 9.78 Å². The normalized spacial score (nSPS) is 12.0. The second-order valence-corrected chi connectivity index (χ2v) is 3.83. The van der Waals surface area contributed by atoms with Crippen LogP contribution < -0.4 is 5.73 Å². The van der Waals surface area contributed by atoms with Crippen molar-refractivity contribution in [3.05, 3.63) is 28.5 Å². The second kappa shape index (κ2) is 3.77. The minimum absolute atomic E-state index is 0.139. The number of fused-ring (bicyclic) bond motifs is 1. The number of anilines is 1. The van der Waals surface area contributed by atoms with Crippen molar-refractivity contribution in [1.29, 1.82) is 0 Å². The highest BCUT2D eigenvalue weighted by atomic mass is 35.5. The van der Waals surface area contributed by atoms with Gasteiger partial charge in [0.05, 0.1) is 10.6 Å². The van der Waals surface area contributed by atoms with Gasteiger partial charge >= 0.3 is 12.1 Å². The predicted octanol–water partition coefficient (Wildman–Crippen LogP) is 2.29. The molecule has 0 saturated carbocycles. The largest absolute Gasteiger partial charge is 0.476 e. The Balaban J connectivity index is 2.80. The Morgan fingerprint density at radius 2 is 2.11 bits per heavy atom. The number of nitrogen functional groups attached to an aromatic ring is 1. The Bertz CT molecular complexity index is 651. The van der Waals surface area contributed by atoms with E-state index in [0.717, 1.165) is 4.40 Å². The molecule has 2 aromatic heterocycles. The third-order valence-corrected chi connectivity index (χ3v) is 2.52. The Hall–Kier alpha value is -1.96. The first-order chi connectivity index (χ1) is 8.21. The molecule has 0 aromatic carbocycles. The molecule has 0 amide bonds. The lowest BCUT2D eigenvalue weighted by Crippen LogP contribution is -2.08. The van der Waals surface area contributed by atoms with Crippen molar-refractivity contribution in [2.75, 3.05) is 5.73 Å². The first kappa shape index (κ1) is 12.5. The summed E-state index contributed by atoms with van der Waals surface area (Å²) in [6.45, 7) is 0. The minimum Gasteiger partial charge on any atom is -0.476 e. The van der Waals surface area contributed by atoms with Crippen molar-refractivity contribution >= 4 is 29.0 Å². The topological polar surface area (TPSA) is 80.6 Å². The number of imidazole rings is 1. The van der Waals surface area contributed by atoms with Crippen molar-refractivity contribution in [1.82, 2.24) is 9.38 Å². The zero-order valence-corrected chi connectivity index (χ0v) is 9.25. The molecule has 0 saturated heterocycles. The molecule has 0 unspecified atom stereocenters. The van der Waals surface area contributed by atoms with Crippen LogP contribution in [0.25, 0.3) is 5.65 Å². The standard InChI is InChI=1S/C9H5ClF3N3O2/c10-4-1-3(9(11,12)13)2-16-6(14)5(8(17)18)15-7(4)16/h1-2H,14H2,(H,17,18). The van der Waals surface area contributed by atoms with Crippen LogP contribution in [-0.2, 0) is 6.18 Å². The highest BCUT2D eigenvalue weighted by Gasteiger charge is 2.32. The van der Waals surface area contributed by atoms with E-state index in [1.165, 1.54) is 0 Å². The van der Waals surface area contributed by atoms with E-state index in [0.29, 0.717) is 12.3 Å². The van der Waals surface area contributed by atoms with Gasteiger partial charge in [0.15, 0.2) is 11.3 Å². The summed E-state index contributed by atoms with van der Waals surface area (Å²) in [4.78, 5) is 14.3. The maximum atomic E-state index is 12.5. The number of rotatable bonds is 1. The highest BCUT2D eigenvalue weighted by molar-refractivity contribution is 6.33. The van der Waals surface area contributed by atoms with Gasteiger partial charge in [-0.15, -0.1) is 0 Å². The molecular formula is C9H5ClF3N3O2. The van der Waals surface area contributed by atoms with Crippen molar-refractivity contribution in [2.45, 2.75) is 6.18 Å². The minimum atomic E-state index is -4.61. The Morgan fingerprint density at radius 1 is 1.50 bits per heavy atom. The fourth-order valence-electron chi connectivity index (χ4n) is 1.43. The number of aromatic carboxylic acids is 1. The van der Waals surface area contributed by atoms with Gasteiger partial charge in [0.25, 0.3) is 0 Å². The maximum absolute atomic E-state index is 12.5. The monoisotopic (exact) mass is 279 g/mol. The van der Waals surface area contributed by atoms with E-state index in [-0.39, 0.29) is 10.7 Å². The summed E-state index contributed by atoms with van der Waals surface area (Å²) in [5, 5.41) is 8.44. The van der Waals surface area contributed by atoms with Crippen LogP contribution in [0.5, 0.6) is 0 Å². The molecule has 0 aliphatic carbocycles. The molecule has 0 spiro atoms. The number of aromatic nitrogens is 2. The number of pyridine rings is 1. The Kier molecular flexibility index (Phi) is 2.62. The number of carbonyl (C=O) groups is 1. The summed E-state index contributed by atoms with van der Waals surface area (Å²) in [6.07, 6.45) is -3.96. The summed E-state index contributed by atoms with van der Waals surface area (Å²) < 4.78 is 38.4. The quantitative estimate of drug-likeness (QED) is 0.839. The molecule has 0 radical (unpaired) electrons. The third kappa shape index (κ3) is 1.84. The zero-order valence-electron chi connectivity index (χ0n) is 8.49. The van der Waals surface area contributed by atoms with E-state index in [9.17, 15) is 18.0 Å². The number of nitrogens with two attached hydrogens (primary N) is 1. The molecule has 0 aliphatic rings. The molecule has 9 heteroatoms. The molecule has 2 rings (SSSR count). The van der Waals surface area contributed by atoms with Gasteiger partial charge in [0.1, 0.15) is 5.82 Å². The van der Waals surface area contributed by atoms with E-state index in [4.69, 9.17) is 22.4 Å². The number of nitrogens with zero attached hydrogens (tertiary/aromatic N) is 2. The van der Waals surface area contributed by atoms with Gasteiger partial charge in [-0.3, -0.25) is 4.40 Å². The lowest BCUT2D eigenvalue weighted by atomic mass is 10.3. The van der Waals surface area contributed by atoms with E-state index in [2.05, 4.69) is 4.98 Å². The lowest BCUT2D eigenvalue weighted by Gasteiger charge is -2.08. The zero-order chi connectivity index (χ0) is 13.7. The van der Waals surface area contributed by atoms with Crippen LogP contribution in [0.15, 0.2) is 12.3 Å². The number of alkyl halides is 3. The summed E-state index contributed by atoms with van der Waals surface area (Å²) >= 11 is 5.63. The molecule has 0 bridgehead atoms. The average molecular weight is 280 g/mol. The Labute approximate surface area is 103 Å². The van der Waals surface area contributed by atoms with Crippen molar-refractivity contribution in [3.8, 4) is 0 Å². The van der Waals surface area contributed by atoms with E-state index >= 15 is 0 Å². The maximum Gasteiger partial charge on any atom is 0.417 e. The number of carboxylic acid groups (broad SMARTS) is 1. The summed E-state index contributed by atoms with van der Waals surface area (Å²) in [7, 11) is 0. The number of hydrogen-bond acceptors (Lipinski definition) is 3. The first-order valence-corrected chi connectivity index (χ1v) is 4.87. The smallest absolute Gasteiger partial charge is 0.417 e. The summed E-state index contributed by atoms with van der Waals surface area (Å²) in [6, 6.07) is 0.662. The molecule has 3 N–H and O–H groups in total. The molecular weight excluding hydrogens is 275 g/mol. The van der Waals surface area contributed by atoms with E-state index in [1.807, 2.05) is 0 Å². The van der Waals surface area contributed by atoms with E-state index < -0.39 is 29.2 Å². The summed E-state index contributed by atoms with van der Waals surface area (Å²) in [5.41, 5.74) is 3.69. The molecule has 2 aromatic rings. The van der Waals surface area contributed by atoms with Gasteiger partial charge in [-0.05, 0) is 6.07 Å². The number of carboxylic acids is 1. The van der Waals surface area contributed by atoms with Gasteiger partial charge in [-0.1, -0.05) is 11.6 Å². The Morgan fingerprint density at radius 3 is 2.61 bits per heavy atom. The van der Waals surface area contributed by atoms with Crippen molar-refractivity contribution in [3.63, 3.8) is 0 Å². The summed E-state index contributed by atoms with van der Waals surface area (Å²) in [5.74, 6) is -1.86. The molecule has 2 heterocycles. The van der Waals surface area contributed by atoms with Gasteiger partial charge < -0.3 is 10.8 Å². The average Bonchev–Trinajstić information content (AvgIpc) is 2.56. The van der Waals surface area contributed by atoms with Crippen LogP contribution in [-0.4, -0.2) is 20.5 Å². The fourth-order valence-corrected chi connectivity index (χ4v) is 1.69. The van der Waals surface area contributed by atoms with Crippen LogP contribution in [0.2, 0.25) is 5.02 Å². The van der Waals surface area contributed by atoms with Gasteiger partial charge in [0, 0.05) is 6.20 Å². The van der Waals surface area contributed by atoms with Crippen LogP contribution in [0, 0.1) is 0 Å². The third-order valence-electron chi connectivity index (χ3n) is 2.24. The molecule has 96 valence electrons. The highest BCUT2D eigenvalue weighted by Crippen LogP contribution is 2.33. The molecule has 5 nitrogen and oxygen atoms in total. The second-order valence-electron chi connectivity index (χ2n) is 3.42. The number of hydrogen-bond donors (Lipinski definition) is 2. The van der Waals surface area contributed by atoms with Crippen LogP contribution in [0.1, 0.15) is 16.1 Å². The lowest BCUT2D eigenvalue weighted by molar-refractivity contribution is -0.137. The number of halogens is 4.